The Balaban J connectivity index is 2.28. The van der Waals surface area contributed by atoms with Crippen molar-refractivity contribution in [3.8, 4) is 0 Å². The maximum Gasteiger partial charge on any atom is 0.334 e. The summed E-state index contributed by atoms with van der Waals surface area (Å²) in [5, 5.41) is 0. The Kier molecular flexibility index (Phi) is 6.04. The van der Waals surface area contributed by atoms with Crippen LogP contribution in [0.4, 0.5) is 0 Å². The molecule has 3 nitrogen and oxygen atoms in total. The minimum atomic E-state index is -0.518. The molecule has 1 aromatic carbocycles. The average Bonchev–Trinajstić information content (AvgIpc) is 2.36. The summed E-state index contributed by atoms with van der Waals surface area (Å²) in [5.74, 6) is -0.319. The highest BCUT2D eigenvalue weighted by Gasteiger charge is 2.12. The van der Waals surface area contributed by atoms with Crippen molar-refractivity contribution >= 4 is 12.0 Å². The molecule has 0 heterocycles. The van der Waals surface area contributed by atoms with Crippen molar-refractivity contribution in [3.63, 3.8) is 0 Å². The predicted octanol–water partition coefficient (Wildman–Crippen LogP) is 2.67. The molecule has 0 aromatic heterocycles. The zero-order valence-corrected chi connectivity index (χ0v) is 10.3. The van der Waals surface area contributed by atoms with E-state index in [2.05, 4.69) is 0 Å². The highest BCUT2D eigenvalue weighted by atomic mass is 16.6. The van der Waals surface area contributed by atoms with Gasteiger partial charge in [-0.05, 0) is 19.4 Å². The number of carbonyl (C=O) groups excluding carboxylic acids is 1. The Morgan fingerprint density at radius 3 is 2.71 bits per heavy atom. The number of hydrogen-bond donors (Lipinski definition) is 0. The van der Waals surface area contributed by atoms with E-state index in [4.69, 9.17) is 9.47 Å². The van der Waals surface area contributed by atoms with Gasteiger partial charge in [0.15, 0.2) is 6.10 Å². The second kappa shape index (κ2) is 7.63. The summed E-state index contributed by atoms with van der Waals surface area (Å²) in [6.07, 6.45) is 3.32. The molecule has 0 fully saturated rings. The Labute approximate surface area is 102 Å². The Morgan fingerprint density at radius 1 is 1.35 bits per heavy atom. The summed E-state index contributed by atoms with van der Waals surface area (Å²) in [7, 11) is 0. The largest absolute Gasteiger partial charge is 0.464 e. The van der Waals surface area contributed by atoms with Crippen molar-refractivity contribution in [2.75, 3.05) is 13.2 Å². The number of benzene rings is 1. The van der Waals surface area contributed by atoms with Gasteiger partial charge in [0.05, 0.1) is 13.2 Å². The summed E-state index contributed by atoms with van der Waals surface area (Å²) in [6.45, 7) is 4.25. The maximum atomic E-state index is 11.2. The molecule has 0 N–H and O–H groups in total. The van der Waals surface area contributed by atoms with E-state index >= 15 is 0 Å². The summed E-state index contributed by atoms with van der Waals surface area (Å²) in [5.41, 5.74) is 1.11. The van der Waals surface area contributed by atoms with Crippen LogP contribution in [0.2, 0.25) is 0 Å². The van der Waals surface area contributed by atoms with E-state index in [0.717, 1.165) is 5.56 Å². The van der Waals surface area contributed by atoms with Gasteiger partial charge in [-0.3, -0.25) is 0 Å². The van der Waals surface area contributed by atoms with Crippen LogP contribution in [-0.2, 0) is 14.3 Å². The van der Waals surface area contributed by atoms with Crippen molar-refractivity contribution in [1.29, 1.82) is 0 Å². The fourth-order valence-electron chi connectivity index (χ4n) is 1.28. The van der Waals surface area contributed by atoms with Gasteiger partial charge < -0.3 is 9.47 Å². The lowest BCUT2D eigenvalue weighted by Gasteiger charge is -2.09. The zero-order valence-electron chi connectivity index (χ0n) is 10.3. The van der Waals surface area contributed by atoms with E-state index in [1.807, 2.05) is 42.5 Å². The van der Waals surface area contributed by atoms with Crippen molar-refractivity contribution in [3.05, 3.63) is 42.0 Å². The lowest BCUT2D eigenvalue weighted by Crippen LogP contribution is -2.23. The van der Waals surface area contributed by atoms with Crippen LogP contribution in [0.5, 0.6) is 0 Å². The van der Waals surface area contributed by atoms with E-state index in [9.17, 15) is 4.79 Å². The third-order valence-corrected chi connectivity index (χ3v) is 2.17. The monoisotopic (exact) mass is 234 g/mol. The smallest absolute Gasteiger partial charge is 0.334 e. The Morgan fingerprint density at radius 2 is 2.06 bits per heavy atom. The van der Waals surface area contributed by atoms with Crippen LogP contribution in [-0.4, -0.2) is 25.3 Å². The molecule has 0 aliphatic carbocycles. The molecule has 0 amide bonds. The molecule has 92 valence electrons. The predicted molar refractivity (Wildman–Crippen MR) is 67.5 cm³/mol. The average molecular weight is 234 g/mol. The molecule has 1 atom stereocenters. The normalized spacial score (nSPS) is 12.6. The Hall–Kier alpha value is -1.61. The second-order valence-corrected chi connectivity index (χ2v) is 3.54. The van der Waals surface area contributed by atoms with Gasteiger partial charge in [-0.1, -0.05) is 42.5 Å². The standard InChI is InChI=1S/C14H18O3/c1-3-16-14(15)12(2)17-11-7-10-13-8-5-4-6-9-13/h4-10,12H,3,11H2,1-2H3/b10-7+/t12-/m1/s1. The fraction of sp³-hybridized carbons (Fsp3) is 0.357. The number of esters is 1. The third-order valence-electron chi connectivity index (χ3n) is 2.17. The molecule has 0 saturated carbocycles. The summed E-state index contributed by atoms with van der Waals surface area (Å²) >= 11 is 0. The van der Waals surface area contributed by atoms with Crippen LogP contribution < -0.4 is 0 Å². The van der Waals surface area contributed by atoms with Gasteiger partial charge in [0.1, 0.15) is 0 Å². The van der Waals surface area contributed by atoms with E-state index in [1.54, 1.807) is 13.8 Å². The molecule has 0 radical (unpaired) electrons. The minimum Gasteiger partial charge on any atom is -0.464 e. The van der Waals surface area contributed by atoms with E-state index < -0.39 is 6.10 Å². The molecule has 0 saturated heterocycles. The number of ether oxygens (including phenoxy) is 2. The van der Waals surface area contributed by atoms with E-state index in [0.29, 0.717) is 13.2 Å². The summed E-state index contributed by atoms with van der Waals surface area (Å²) in [6, 6.07) is 9.93. The van der Waals surface area contributed by atoms with Gasteiger partial charge in [-0.2, -0.15) is 0 Å². The molecule has 1 aromatic rings. The maximum absolute atomic E-state index is 11.2. The second-order valence-electron chi connectivity index (χ2n) is 3.54. The lowest BCUT2D eigenvalue weighted by atomic mass is 10.2. The minimum absolute atomic E-state index is 0.319. The molecular formula is C14H18O3. The third kappa shape index (κ3) is 5.31. The molecule has 0 bridgehead atoms. The van der Waals surface area contributed by atoms with Crippen LogP contribution in [0.3, 0.4) is 0 Å². The van der Waals surface area contributed by atoms with Crippen molar-refractivity contribution in [1.82, 2.24) is 0 Å². The van der Waals surface area contributed by atoms with Gasteiger partial charge in [0.25, 0.3) is 0 Å². The molecule has 0 aliphatic heterocycles. The van der Waals surface area contributed by atoms with Crippen LogP contribution in [0.25, 0.3) is 6.08 Å². The van der Waals surface area contributed by atoms with Crippen molar-refractivity contribution < 1.29 is 14.3 Å². The topological polar surface area (TPSA) is 35.5 Å². The zero-order chi connectivity index (χ0) is 12.5. The van der Waals surface area contributed by atoms with E-state index in [1.165, 1.54) is 0 Å². The molecule has 17 heavy (non-hydrogen) atoms. The van der Waals surface area contributed by atoms with Gasteiger partial charge >= 0.3 is 5.97 Å². The first kappa shape index (κ1) is 13.5. The first-order valence-electron chi connectivity index (χ1n) is 5.74. The molecule has 1 rings (SSSR count). The fourth-order valence-corrected chi connectivity index (χ4v) is 1.28. The number of hydrogen-bond acceptors (Lipinski definition) is 3. The van der Waals surface area contributed by atoms with Crippen LogP contribution in [0.15, 0.2) is 36.4 Å². The summed E-state index contributed by atoms with van der Waals surface area (Å²) < 4.78 is 10.1. The SMILES string of the molecule is CCOC(=O)[C@@H](C)OC/C=C/c1ccccc1. The molecular weight excluding hydrogens is 216 g/mol. The van der Waals surface area contributed by atoms with Crippen LogP contribution >= 0.6 is 0 Å². The van der Waals surface area contributed by atoms with Crippen LogP contribution in [0, 0.1) is 0 Å². The molecule has 3 heteroatoms. The van der Waals surface area contributed by atoms with E-state index in [-0.39, 0.29) is 5.97 Å². The number of carbonyl (C=O) groups is 1. The molecule has 0 spiro atoms. The van der Waals surface area contributed by atoms with Gasteiger partial charge in [-0.25, -0.2) is 4.79 Å². The van der Waals surface area contributed by atoms with Crippen molar-refractivity contribution in [2.24, 2.45) is 0 Å². The molecule has 0 unspecified atom stereocenters. The number of rotatable bonds is 6. The quantitative estimate of drug-likeness (QED) is 0.710. The summed E-state index contributed by atoms with van der Waals surface area (Å²) in [4.78, 5) is 11.2. The Bertz CT molecular complexity index is 357. The molecule has 0 aliphatic rings. The van der Waals surface area contributed by atoms with Gasteiger partial charge in [0, 0.05) is 0 Å². The van der Waals surface area contributed by atoms with Gasteiger partial charge in [-0.15, -0.1) is 0 Å². The van der Waals surface area contributed by atoms with Gasteiger partial charge in [0.2, 0.25) is 0 Å². The highest BCUT2D eigenvalue weighted by molar-refractivity contribution is 5.74. The lowest BCUT2D eigenvalue weighted by molar-refractivity contribution is -0.154. The highest BCUT2D eigenvalue weighted by Crippen LogP contribution is 2.01. The van der Waals surface area contributed by atoms with Crippen molar-refractivity contribution in [2.45, 2.75) is 20.0 Å². The first-order chi connectivity index (χ1) is 8.24. The van der Waals surface area contributed by atoms with Crippen LogP contribution in [0.1, 0.15) is 19.4 Å². The first-order valence-corrected chi connectivity index (χ1v) is 5.74.